The number of unbranched alkanes of at least 4 members (excludes halogenated alkanes) is 1. The first kappa shape index (κ1) is 18.8. The number of carbonyl (C=O) groups is 2. The van der Waals surface area contributed by atoms with Crippen LogP contribution in [0.4, 0.5) is 15.8 Å². The molecule has 1 fully saturated rings. The van der Waals surface area contributed by atoms with Crippen molar-refractivity contribution in [2.75, 3.05) is 16.3 Å². The van der Waals surface area contributed by atoms with E-state index in [0.717, 1.165) is 35.9 Å². The highest BCUT2D eigenvalue weighted by atomic mass is 32.2. The maximum atomic E-state index is 13.3. The van der Waals surface area contributed by atoms with Crippen LogP contribution in [0.5, 0.6) is 0 Å². The Morgan fingerprint density at radius 1 is 1.04 bits per heavy atom. The zero-order valence-electron chi connectivity index (χ0n) is 15.1. The molecule has 0 saturated carbocycles. The number of halogens is 1. The van der Waals surface area contributed by atoms with Gasteiger partial charge in [-0.25, -0.2) is 4.39 Å². The van der Waals surface area contributed by atoms with Crippen LogP contribution in [-0.2, 0) is 9.59 Å². The summed E-state index contributed by atoms with van der Waals surface area (Å²) >= 11 is 6.51. The van der Waals surface area contributed by atoms with Crippen molar-refractivity contribution in [1.82, 2.24) is 0 Å². The minimum absolute atomic E-state index is 0.172. The van der Waals surface area contributed by atoms with E-state index in [1.54, 1.807) is 4.90 Å². The minimum Gasteiger partial charge on any atom is -0.308 e. The largest absolute Gasteiger partial charge is 0.308 e. The number of hydrogen-bond acceptors (Lipinski definition) is 4. The zero-order chi connectivity index (χ0) is 19.8. The molecule has 0 aliphatic carbocycles. The van der Waals surface area contributed by atoms with Crippen LogP contribution < -0.4 is 9.80 Å². The highest BCUT2D eigenvalue weighted by Gasteiger charge is 2.42. The predicted molar refractivity (Wildman–Crippen MR) is 115 cm³/mol. The Morgan fingerprint density at radius 3 is 2.46 bits per heavy atom. The molecule has 2 aromatic carbocycles. The third-order valence-corrected chi connectivity index (χ3v) is 6.11. The van der Waals surface area contributed by atoms with Crippen molar-refractivity contribution in [3.63, 3.8) is 0 Å². The summed E-state index contributed by atoms with van der Waals surface area (Å²) in [6.45, 7) is 2.68. The second-order valence-electron chi connectivity index (χ2n) is 6.52. The van der Waals surface area contributed by atoms with E-state index in [-0.39, 0.29) is 17.6 Å². The normalized spacial score (nSPS) is 19.0. The van der Waals surface area contributed by atoms with Crippen molar-refractivity contribution in [2.45, 2.75) is 19.8 Å². The quantitative estimate of drug-likeness (QED) is 0.537. The molecule has 0 spiro atoms. The van der Waals surface area contributed by atoms with Gasteiger partial charge in [0, 0.05) is 12.1 Å². The molecule has 1 saturated heterocycles. The fourth-order valence-electron chi connectivity index (χ4n) is 3.37. The summed E-state index contributed by atoms with van der Waals surface area (Å²) in [5, 5.41) is 0. The number of rotatable bonds is 4. The first-order valence-corrected chi connectivity index (χ1v) is 10.2. The number of para-hydroxylation sites is 1. The molecule has 0 atom stereocenters. The molecule has 2 heterocycles. The molecule has 0 unspecified atom stereocenters. The van der Waals surface area contributed by atoms with E-state index < -0.39 is 0 Å². The third kappa shape index (κ3) is 3.04. The molecular formula is C21H17FN2O2S2. The van der Waals surface area contributed by atoms with Gasteiger partial charge in [-0.05, 0) is 36.8 Å². The molecule has 2 amide bonds. The number of hydrogen-bond donors (Lipinski definition) is 0. The summed E-state index contributed by atoms with van der Waals surface area (Å²) < 4.78 is 13.6. The lowest BCUT2D eigenvalue weighted by Gasteiger charge is -2.16. The Bertz CT molecular complexity index is 1020. The molecule has 142 valence electrons. The van der Waals surface area contributed by atoms with E-state index in [2.05, 4.69) is 6.92 Å². The Balaban J connectivity index is 1.78. The van der Waals surface area contributed by atoms with Gasteiger partial charge >= 0.3 is 0 Å². The molecule has 0 radical (unpaired) electrons. The SMILES string of the molecule is CCCCN1C(=O)C(=C2SC(=S)N(c3ccc(F)cc3)C2=O)c2ccccc21. The van der Waals surface area contributed by atoms with Gasteiger partial charge in [0.05, 0.1) is 21.9 Å². The third-order valence-electron chi connectivity index (χ3n) is 4.74. The lowest BCUT2D eigenvalue weighted by molar-refractivity contribution is -0.115. The molecule has 4 nitrogen and oxygen atoms in total. The molecule has 2 aromatic rings. The first-order valence-electron chi connectivity index (χ1n) is 9.00. The molecule has 28 heavy (non-hydrogen) atoms. The summed E-state index contributed by atoms with van der Waals surface area (Å²) in [4.78, 5) is 29.8. The molecule has 7 heteroatoms. The molecule has 0 bridgehead atoms. The van der Waals surface area contributed by atoms with Crippen molar-refractivity contribution in [3.8, 4) is 0 Å². The van der Waals surface area contributed by atoms with Crippen LogP contribution in [-0.4, -0.2) is 22.7 Å². The molecule has 2 aliphatic heterocycles. The molecule has 4 rings (SSSR count). The Kier molecular flexibility index (Phi) is 5.03. The lowest BCUT2D eigenvalue weighted by Crippen LogP contribution is -2.29. The van der Waals surface area contributed by atoms with E-state index >= 15 is 0 Å². The number of fused-ring (bicyclic) bond motifs is 1. The molecular weight excluding hydrogens is 395 g/mol. The van der Waals surface area contributed by atoms with Gasteiger partial charge in [-0.3, -0.25) is 14.5 Å². The fraction of sp³-hybridized carbons (Fsp3) is 0.190. The Hall–Kier alpha value is -2.51. The van der Waals surface area contributed by atoms with Gasteiger partial charge in [0.15, 0.2) is 4.32 Å². The molecule has 2 aliphatic rings. The van der Waals surface area contributed by atoms with Crippen LogP contribution in [0, 0.1) is 5.82 Å². The van der Waals surface area contributed by atoms with Crippen LogP contribution in [0.15, 0.2) is 53.4 Å². The van der Waals surface area contributed by atoms with Crippen LogP contribution in [0.2, 0.25) is 0 Å². The lowest BCUT2D eigenvalue weighted by atomic mass is 10.1. The van der Waals surface area contributed by atoms with Gasteiger partial charge < -0.3 is 4.90 Å². The highest BCUT2D eigenvalue weighted by molar-refractivity contribution is 8.27. The zero-order valence-corrected chi connectivity index (χ0v) is 16.8. The number of nitrogens with zero attached hydrogens (tertiary/aromatic N) is 2. The number of thioether (sulfide) groups is 1. The summed E-state index contributed by atoms with van der Waals surface area (Å²) in [6.07, 6.45) is 1.85. The van der Waals surface area contributed by atoms with Crippen LogP contribution >= 0.6 is 24.0 Å². The second kappa shape index (κ2) is 7.48. The Morgan fingerprint density at radius 2 is 1.75 bits per heavy atom. The predicted octanol–water partition coefficient (Wildman–Crippen LogP) is 4.75. The van der Waals surface area contributed by atoms with E-state index in [1.807, 2.05) is 24.3 Å². The number of benzene rings is 2. The maximum Gasteiger partial charge on any atom is 0.271 e. The summed E-state index contributed by atoms with van der Waals surface area (Å²) in [6, 6.07) is 13.1. The van der Waals surface area contributed by atoms with Crippen molar-refractivity contribution >= 4 is 57.1 Å². The minimum atomic E-state index is -0.390. The monoisotopic (exact) mass is 412 g/mol. The van der Waals surface area contributed by atoms with Crippen LogP contribution in [0.1, 0.15) is 25.3 Å². The number of amides is 2. The summed E-state index contributed by atoms with van der Waals surface area (Å²) in [5.74, 6) is -0.912. The van der Waals surface area contributed by atoms with E-state index in [0.29, 0.717) is 27.0 Å². The molecule has 0 N–H and O–H groups in total. The highest BCUT2D eigenvalue weighted by Crippen LogP contribution is 2.45. The second-order valence-corrected chi connectivity index (χ2v) is 8.16. The topological polar surface area (TPSA) is 40.6 Å². The van der Waals surface area contributed by atoms with E-state index in [9.17, 15) is 14.0 Å². The van der Waals surface area contributed by atoms with Gasteiger partial charge in [0.1, 0.15) is 5.82 Å². The molecule has 0 aromatic heterocycles. The number of thiocarbonyl (C=S) groups is 1. The average molecular weight is 413 g/mol. The number of carbonyl (C=O) groups excluding carboxylic acids is 2. The van der Waals surface area contributed by atoms with Gasteiger partial charge in [-0.1, -0.05) is 55.5 Å². The first-order chi connectivity index (χ1) is 13.5. The van der Waals surface area contributed by atoms with Gasteiger partial charge in [-0.15, -0.1) is 0 Å². The van der Waals surface area contributed by atoms with Crippen molar-refractivity contribution < 1.29 is 14.0 Å². The van der Waals surface area contributed by atoms with Gasteiger partial charge in [0.25, 0.3) is 11.8 Å². The van der Waals surface area contributed by atoms with E-state index in [4.69, 9.17) is 12.2 Å². The Labute approximate surface area is 172 Å². The van der Waals surface area contributed by atoms with Crippen molar-refractivity contribution in [1.29, 1.82) is 0 Å². The average Bonchev–Trinajstić information content (AvgIpc) is 3.13. The van der Waals surface area contributed by atoms with Crippen LogP contribution in [0.25, 0.3) is 5.57 Å². The van der Waals surface area contributed by atoms with Crippen molar-refractivity contribution in [3.05, 3.63) is 64.8 Å². The smallest absolute Gasteiger partial charge is 0.271 e. The maximum absolute atomic E-state index is 13.3. The number of anilines is 2. The van der Waals surface area contributed by atoms with Crippen LogP contribution in [0.3, 0.4) is 0 Å². The van der Waals surface area contributed by atoms with Gasteiger partial charge in [-0.2, -0.15) is 0 Å². The standard InChI is InChI=1S/C21H17FN2O2S2/c1-2-3-12-23-16-7-5-4-6-15(16)17(19(23)25)18-20(26)24(21(27)28-18)14-10-8-13(22)9-11-14/h4-11H,2-3,12H2,1H3. The van der Waals surface area contributed by atoms with Gasteiger partial charge in [0.2, 0.25) is 0 Å². The van der Waals surface area contributed by atoms with Crippen molar-refractivity contribution in [2.24, 2.45) is 0 Å². The summed E-state index contributed by atoms with van der Waals surface area (Å²) in [7, 11) is 0. The van der Waals surface area contributed by atoms with E-state index in [1.165, 1.54) is 29.2 Å². The fourth-order valence-corrected chi connectivity index (χ4v) is 4.74. The summed E-state index contributed by atoms with van der Waals surface area (Å²) in [5.41, 5.74) is 2.46.